The van der Waals surface area contributed by atoms with E-state index >= 15 is 0 Å². The molecule has 0 aliphatic carbocycles. The maximum atomic E-state index is 12.7. The molecule has 2 aliphatic rings. The number of alkyl carbamates (subject to hydrolysis) is 1. The number of hydrogen-bond donors (Lipinski definition) is 2. The van der Waals surface area contributed by atoms with E-state index in [-0.39, 0.29) is 24.0 Å². The van der Waals surface area contributed by atoms with Crippen molar-refractivity contribution in [1.29, 1.82) is 0 Å². The topological polar surface area (TPSA) is 87.7 Å². The van der Waals surface area contributed by atoms with Crippen molar-refractivity contribution in [3.05, 3.63) is 35.9 Å². The SMILES string of the molecule is CCC(CC)(CNC(=O)C(=O)N1CC[C@@H]2NC(=O)OC[C@H]2C1)c1ccccc1. The maximum absolute atomic E-state index is 12.7. The quantitative estimate of drug-likeness (QED) is 0.755. The third kappa shape index (κ3) is 4.13. The standard InChI is InChI=1S/C21H29N3O4/c1-3-21(4-2,16-8-6-5-7-9-16)14-22-18(25)19(26)24-11-10-17-15(12-24)13-28-20(27)23-17/h5-9,15,17H,3-4,10-14H2,1-2H3,(H,22,25)(H,23,27)/t15-,17+/m1/s1. The minimum absolute atomic E-state index is 0.0132. The molecule has 0 radical (unpaired) electrons. The van der Waals surface area contributed by atoms with Gasteiger partial charge in [0.25, 0.3) is 0 Å². The number of rotatable bonds is 5. The van der Waals surface area contributed by atoms with Gasteiger partial charge in [-0.3, -0.25) is 9.59 Å². The van der Waals surface area contributed by atoms with Crippen LogP contribution in [0.15, 0.2) is 30.3 Å². The molecule has 3 amide bonds. The van der Waals surface area contributed by atoms with Crippen LogP contribution in [-0.2, 0) is 19.7 Å². The third-order valence-corrected chi connectivity index (χ3v) is 6.27. The van der Waals surface area contributed by atoms with Crippen LogP contribution in [0.25, 0.3) is 0 Å². The van der Waals surface area contributed by atoms with Crippen molar-refractivity contribution in [1.82, 2.24) is 15.5 Å². The number of hydrogen-bond acceptors (Lipinski definition) is 4. The first-order chi connectivity index (χ1) is 13.5. The average Bonchev–Trinajstić information content (AvgIpc) is 2.74. The second-order valence-electron chi connectivity index (χ2n) is 7.69. The second kappa shape index (κ2) is 8.63. The summed E-state index contributed by atoms with van der Waals surface area (Å²) in [5, 5.41) is 5.65. The molecule has 7 nitrogen and oxygen atoms in total. The summed E-state index contributed by atoms with van der Waals surface area (Å²) in [6, 6.07) is 10.1. The molecule has 152 valence electrons. The van der Waals surface area contributed by atoms with Crippen molar-refractivity contribution >= 4 is 17.9 Å². The number of piperidine rings is 1. The normalized spacial score (nSPS) is 21.9. The van der Waals surface area contributed by atoms with Crippen molar-refractivity contribution in [3.8, 4) is 0 Å². The molecule has 28 heavy (non-hydrogen) atoms. The average molecular weight is 387 g/mol. The van der Waals surface area contributed by atoms with Gasteiger partial charge < -0.3 is 20.3 Å². The van der Waals surface area contributed by atoms with E-state index in [1.165, 1.54) is 5.56 Å². The molecule has 7 heteroatoms. The van der Waals surface area contributed by atoms with Crippen LogP contribution in [0.5, 0.6) is 0 Å². The van der Waals surface area contributed by atoms with Crippen LogP contribution in [0.2, 0.25) is 0 Å². The number of fused-ring (bicyclic) bond motifs is 1. The Labute approximate surface area is 165 Å². The Morgan fingerprint density at radius 1 is 1.25 bits per heavy atom. The number of amides is 3. The van der Waals surface area contributed by atoms with Crippen molar-refractivity contribution in [3.63, 3.8) is 0 Å². The monoisotopic (exact) mass is 387 g/mol. The minimum atomic E-state index is -0.568. The number of likely N-dealkylation sites (tertiary alicyclic amines) is 1. The van der Waals surface area contributed by atoms with Crippen LogP contribution >= 0.6 is 0 Å². The van der Waals surface area contributed by atoms with Crippen molar-refractivity contribution < 1.29 is 19.1 Å². The largest absolute Gasteiger partial charge is 0.449 e. The van der Waals surface area contributed by atoms with Crippen LogP contribution in [0.4, 0.5) is 4.79 Å². The van der Waals surface area contributed by atoms with Gasteiger partial charge in [-0.2, -0.15) is 0 Å². The lowest BCUT2D eigenvalue weighted by Gasteiger charge is -2.40. The van der Waals surface area contributed by atoms with E-state index < -0.39 is 17.9 Å². The summed E-state index contributed by atoms with van der Waals surface area (Å²) in [6.07, 6.45) is 1.96. The molecule has 2 atom stereocenters. The number of benzene rings is 1. The Kier molecular flexibility index (Phi) is 6.21. The molecule has 1 aromatic carbocycles. The zero-order valence-electron chi connectivity index (χ0n) is 16.6. The molecule has 2 fully saturated rings. The fraction of sp³-hybridized carbons (Fsp3) is 0.571. The predicted molar refractivity (Wildman–Crippen MR) is 105 cm³/mol. The zero-order chi connectivity index (χ0) is 20.1. The summed E-state index contributed by atoms with van der Waals surface area (Å²) >= 11 is 0. The fourth-order valence-electron chi connectivity index (χ4n) is 4.22. The molecule has 2 aliphatic heterocycles. The van der Waals surface area contributed by atoms with E-state index in [2.05, 4.69) is 36.6 Å². The van der Waals surface area contributed by atoms with Crippen molar-refractivity contribution in [2.75, 3.05) is 26.2 Å². The Balaban J connectivity index is 1.59. The van der Waals surface area contributed by atoms with E-state index in [1.54, 1.807) is 4.90 Å². The Morgan fingerprint density at radius 3 is 2.64 bits per heavy atom. The van der Waals surface area contributed by atoms with E-state index in [0.717, 1.165) is 12.8 Å². The Morgan fingerprint density at radius 2 is 1.96 bits per heavy atom. The molecule has 2 heterocycles. The zero-order valence-corrected chi connectivity index (χ0v) is 16.6. The molecule has 0 unspecified atom stereocenters. The summed E-state index contributed by atoms with van der Waals surface area (Å²) in [5.41, 5.74) is 0.981. The van der Waals surface area contributed by atoms with E-state index in [4.69, 9.17) is 4.74 Å². The lowest BCUT2D eigenvalue weighted by Crippen LogP contribution is -2.59. The number of nitrogens with one attached hydrogen (secondary N) is 2. The molecular formula is C21H29N3O4. The highest BCUT2D eigenvalue weighted by molar-refractivity contribution is 6.35. The van der Waals surface area contributed by atoms with Gasteiger partial charge in [-0.05, 0) is 24.8 Å². The lowest BCUT2D eigenvalue weighted by atomic mass is 9.76. The van der Waals surface area contributed by atoms with E-state index in [9.17, 15) is 14.4 Å². The number of cyclic esters (lactones) is 1. The Bertz CT molecular complexity index is 718. The van der Waals surface area contributed by atoms with Gasteiger partial charge in [0, 0.05) is 37.0 Å². The molecule has 2 saturated heterocycles. The fourth-order valence-corrected chi connectivity index (χ4v) is 4.22. The smallest absolute Gasteiger partial charge is 0.407 e. The van der Waals surface area contributed by atoms with Crippen LogP contribution in [0.3, 0.4) is 0 Å². The van der Waals surface area contributed by atoms with E-state index in [0.29, 0.717) is 26.1 Å². The summed E-state index contributed by atoms with van der Waals surface area (Å²) in [4.78, 5) is 38.1. The Hall–Kier alpha value is -2.57. The van der Waals surface area contributed by atoms with Gasteiger partial charge in [0.15, 0.2) is 0 Å². The van der Waals surface area contributed by atoms with Gasteiger partial charge in [0.05, 0.1) is 6.61 Å². The number of carbonyl (C=O) groups excluding carboxylic acids is 3. The van der Waals surface area contributed by atoms with Gasteiger partial charge in [0.1, 0.15) is 0 Å². The number of ether oxygens (including phenoxy) is 1. The lowest BCUT2D eigenvalue weighted by molar-refractivity contribution is -0.147. The highest BCUT2D eigenvalue weighted by Gasteiger charge is 2.38. The maximum Gasteiger partial charge on any atom is 0.407 e. The van der Waals surface area contributed by atoms with Crippen LogP contribution in [-0.4, -0.2) is 55.1 Å². The summed E-state index contributed by atoms with van der Waals surface area (Å²) in [5.74, 6) is -1.05. The summed E-state index contributed by atoms with van der Waals surface area (Å²) in [7, 11) is 0. The van der Waals surface area contributed by atoms with Gasteiger partial charge >= 0.3 is 17.9 Å². The van der Waals surface area contributed by atoms with Crippen molar-refractivity contribution in [2.24, 2.45) is 5.92 Å². The van der Waals surface area contributed by atoms with Crippen molar-refractivity contribution in [2.45, 2.75) is 44.6 Å². The highest BCUT2D eigenvalue weighted by Crippen LogP contribution is 2.31. The molecule has 3 rings (SSSR count). The van der Waals surface area contributed by atoms with E-state index in [1.807, 2.05) is 18.2 Å². The molecular weight excluding hydrogens is 358 g/mol. The third-order valence-electron chi connectivity index (χ3n) is 6.27. The molecule has 0 saturated carbocycles. The molecule has 0 bridgehead atoms. The number of carbonyl (C=O) groups is 3. The van der Waals surface area contributed by atoms with Gasteiger partial charge in [0.2, 0.25) is 0 Å². The summed E-state index contributed by atoms with van der Waals surface area (Å²) in [6.45, 7) is 5.79. The molecule has 2 N–H and O–H groups in total. The van der Waals surface area contributed by atoms with Crippen LogP contribution in [0.1, 0.15) is 38.7 Å². The highest BCUT2D eigenvalue weighted by atomic mass is 16.6. The van der Waals surface area contributed by atoms with Gasteiger partial charge in [-0.25, -0.2) is 4.79 Å². The number of nitrogens with zero attached hydrogens (tertiary/aromatic N) is 1. The molecule has 0 spiro atoms. The summed E-state index contributed by atoms with van der Waals surface area (Å²) < 4.78 is 5.02. The molecule has 1 aromatic rings. The first-order valence-electron chi connectivity index (χ1n) is 10.0. The van der Waals surface area contributed by atoms with Crippen LogP contribution in [0, 0.1) is 5.92 Å². The first-order valence-corrected chi connectivity index (χ1v) is 10.0. The molecule has 0 aromatic heterocycles. The van der Waals surface area contributed by atoms with Crippen LogP contribution < -0.4 is 10.6 Å². The second-order valence-corrected chi connectivity index (χ2v) is 7.69. The predicted octanol–water partition coefficient (Wildman–Crippen LogP) is 1.82. The van der Waals surface area contributed by atoms with Gasteiger partial charge in [-0.1, -0.05) is 44.2 Å². The first kappa shape index (κ1) is 20.2. The minimum Gasteiger partial charge on any atom is -0.449 e. The van der Waals surface area contributed by atoms with Gasteiger partial charge in [-0.15, -0.1) is 0 Å².